The maximum Gasteiger partial charge on any atom is 0.341 e. The number of aromatic nitrogens is 1. The van der Waals surface area contributed by atoms with Gasteiger partial charge in [-0.05, 0) is 67.2 Å². The molecular formula is C28H27N3O3S2. The number of nitrogens with zero attached hydrogens (tertiary/aromatic N) is 2. The van der Waals surface area contributed by atoms with E-state index in [9.17, 15) is 14.9 Å². The Hall–Kier alpha value is -3.15. The van der Waals surface area contributed by atoms with Gasteiger partial charge in [-0.2, -0.15) is 5.26 Å². The van der Waals surface area contributed by atoms with Crippen molar-refractivity contribution >= 4 is 40.0 Å². The molecule has 0 radical (unpaired) electrons. The zero-order chi connectivity index (χ0) is 25.1. The van der Waals surface area contributed by atoms with Crippen molar-refractivity contribution in [2.45, 2.75) is 55.9 Å². The van der Waals surface area contributed by atoms with Crippen LogP contribution in [-0.2, 0) is 35.2 Å². The molecular weight excluding hydrogens is 490 g/mol. The average molecular weight is 518 g/mol. The zero-order valence-electron chi connectivity index (χ0n) is 20.1. The number of carbonyl (C=O) groups excluding carboxylic acids is 2. The van der Waals surface area contributed by atoms with Crippen LogP contribution < -0.4 is 5.32 Å². The molecule has 2 aliphatic carbocycles. The number of pyridine rings is 1. The van der Waals surface area contributed by atoms with E-state index in [1.54, 1.807) is 0 Å². The smallest absolute Gasteiger partial charge is 0.341 e. The Morgan fingerprint density at radius 2 is 2.08 bits per heavy atom. The molecule has 6 nitrogen and oxygen atoms in total. The number of ether oxygens (including phenoxy) is 1. The molecule has 0 bridgehead atoms. The summed E-state index contributed by atoms with van der Waals surface area (Å²) in [7, 11) is 1.38. The van der Waals surface area contributed by atoms with Gasteiger partial charge in [0, 0.05) is 22.7 Å². The highest BCUT2D eigenvalue weighted by molar-refractivity contribution is 7.99. The standard InChI is InChI=1S/C28H27N3O3S2/c1-34-28(33)25-21-11-10-18(17-6-3-2-4-7-17)15-23(21)36-27(25)31-24(32)12-13-35-26-20(16-29)14-19-8-5-9-22(19)30-26/h2-4,6-7,14,18H,5,8-13,15H2,1H3,(H,31,32). The van der Waals surface area contributed by atoms with E-state index in [-0.39, 0.29) is 12.3 Å². The highest BCUT2D eigenvalue weighted by Gasteiger charge is 2.30. The number of fused-ring (bicyclic) bond motifs is 2. The monoisotopic (exact) mass is 517 g/mol. The van der Waals surface area contributed by atoms with E-state index in [0.29, 0.717) is 32.8 Å². The first-order chi connectivity index (χ1) is 17.6. The highest BCUT2D eigenvalue weighted by Crippen LogP contribution is 2.43. The molecule has 2 aliphatic rings. The number of rotatable bonds is 7. The fourth-order valence-corrected chi connectivity index (χ4v) is 7.32. The number of hydrogen-bond donors (Lipinski definition) is 1. The summed E-state index contributed by atoms with van der Waals surface area (Å²) in [6, 6.07) is 14.6. The second-order valence-corrected chi connectivity index (χ2v) is 11.3. The number of esters is 1. The van der Waals surface area contributed by atoms with Gasteiger partial charge in [-0.15, -0.1) is 23.1 Å². The van der Waals surface area contributed by atoms with Gasteiger partial charge in [0.2, 0.25) is 5.91 Å². The van der Waals surface area contributed by atoms with Crippen molar-refractivity contribution in [3.05, 3.63) is 74.8 Å². The number of methoxy groups -OCH3 is 1. The number of thioether (sulfide) groups is 1. The SMILES string of the molecule is COC(=O)c1c(NC(=O)CCSc2nc3c(cc2C#N)CCC3)sc2c1CCC(c1ccccc1)C2. The summed E-state index contributed by atoms with van der Waals surface area (Å²) in [6.07, 6.45) is 5.83. The first-order valence-electron chi connectivity index (χ1n) is 12.2. The van der Waals surface area contributed by atoms with Crippen molar-refractivity contribution in [2.75, 3.05) is 18.2 Å². The summed E-state index contributed by atoms with van der Waals surface area (Å²) in [5, 5.41) is 13.7. The lowest BCUT2D eigenvalue weighted by Gasteiger charge is -2.22. The summed E-state index contributed by atoms with van der Waals surface area (Å²) >= 11 is 2.92. The van der Waals surface area contributed by atoms with Gasteiger partial charge in [0.15, 0.2) is 0 Å². The average Bonchev–Trinajstić information content (AvgIpc) is 3.51. The maximum absolute atomic E-state index is 12.9. The van der Waals surface area contributed by atoms with Crippen LogP contribution >= 0.6 is 23.1 Å². The van der Waals surface area contributed by atoms with E-state index in [1.165, 1.54) is 41.3 Å². The van der Waals surface area contributed by atoms with Crippen molar-refractivity contribution in [1.29, 1.82) is 5.26 Å². The normalized spacial score (nSPS) is 16.1. The lowest BCUT2D eigenvalue weighted by atomic mass is 9.83. The van der Waals surface area contributed by atoms with E-state index < -0.39 is 5.97 Å². The molecule has 0 spiro atoms. The quantitative estimate of drug-likeness (QED) is 0.320. The minimum Gasteiger partial charge on any atom is -0.465 e. The van der Waals surface area contributed by atoms with Crippen molar-refractivity contribution in [3.63, 3.8) is 0 Å². The molecule has 1 atom stereocenters. The van der Waals surface area contributed by atoms with Gasteiger partial charge >= 0.3 is 5.97 Å². The van der Waals surface area contributed by atoms with Gasteiger partial charge in [0.05, 0.1) is 18.2 Å². The molecule has 2 aromatic heterocycles. The molecule has 36 heavy (non-hydrogen) atoms. The maximum atomic E-state index is 12.9. The summed E-state index contributed by atoms with van der Waals surface area (Å²) in [5.74, 6) is 0.333. The third-order valence-corrected chi connectivity index (χ3v) is 9.05. The molecule has 0 saturated carbocycles. The third-order valence-electron chi connectivity index (χ3n) is 6.88. The first kappa shape index (κ1) is 24.5. The molecule has 184 valence electrons. The van der Waals surface area contributed by atoms with Crippen LogP contribution in [0.15, 0.2) is 41.4 Å². The Balaban J connectivity index is 1.27. The Labute approximate surface area is 219 Å². The second kappa shape index (κ2) is 10.9. The number of aryl methyl sites for hydroxylation is 2. The largest absolute Gasteiger partial charge is 0.465 e. The Morgan fingerprint density at radius 3 is 2.86 bits per heavy atom. The van der Waals surface area contributed by atoms with E-state index in [4.69, 9.17) is 4.74 Å². The fraction of sp³-hybridized carbons (Fsp3) is 0.357. The summed E-state index contributed by atoms with van der Waals surface area (Å²) in [5.41, 5.74) is 5.62. The van der Waals surface area contributed by atoms with Crippen LogP contribution in [-0.4, -0.2) is 29.7 Å². The number of nitriles is 1. The molecule has 2 heterocycles. The fourth-order valence-electron chi connectivity index (χ4n) is 5.07. The van der Waals surface area contributed by atoms with Crippen molar-refractivity contribution in [2.24, 2.45) is 0 Å². The highest BCUT2D eigenvalue weighted by atomic mass is 32.2. The molecule has 8 heteroatoms. The number of carbonyl (C=O) groups is 2. The molecule has 0 fully saturated rings. The number of benzene rings is 1. The number of hydrogen-bond acceptors (Lipinski definition) is 7. The third kappa shape index (κ3) is 5.04. The Kier molecular flexibility index (Phi) is 7.40. The predicted molar refractivity (Wildman–Crippen MR) is 142 cm³/mol. The van der Waals surface area contributed by atoms with Crippen LogP contribution in [0.4, 0.5) is 5.00 Å². The predicted octanol–water partition coefficient (Wildman–Crippen LogP) is 5.68. The van der Waals surface area contributed by atoms with Crippen molar-refractivity contribution in [3.8, 4) is 6.07 Å². The van der Waals surface area contributed by atoms with E-state index >= 15 is 0 Å². The Bertz CT molecular complexity index is 1340. The van der Waals surface area contributed by atoms with Crippen molar-refractivity contribution in [1.82, 2.24) is 4.98 Å². The first-order valence-corrected chi connectivity index (χ1v) is 14.0. The van der Waals surface area contributed by atoms with Gasteiger partial charge in [-0.3, -0.25) is 4.79 Å². The Morgan fingerprint density at radius 1 is 1.25 bits per heavy atom. The molecule has 5 rings (SSSR count). The van der Waals surface area contributed by atoms with E-state index in [2.05, 4.69) is 40.6 Å². The minimum absolute atomic E-state index is 0.162. The van der Waals surface area contributed by atoms with Crippen molar-refractivity contribution < 1.29 is 14.3 Å². The van der Waals surface area contributed by atoms with Crippen LogP contribution in [0.3, 0.4) is 0 Å². The molecule has 1 unspecified atom stereocenters. The van der Waals surface area contributed by atoms with E-state index in [0.717, 1.165) is 54.7 Å². The van der Waals surface area contributed by atoms with Gasteiger partial charge in [-0.25, -0.2) is 9.78 Å². The number of nitrogens with one attached hydrogen (secondary N) is 1. The molecule has 0 saturated heterocycles. The van der Waals surface area contributed by atoms with Gasteiger partial charge in [0.1, 0.15) is 16.1 Å². The summed E-state index contributed by atoms with van der Waals surface area (Å²) in [4.78, 5) is 31.3. The summed E-state index contributed by atoms with van der Waals surface area (Å²) in [6.45, 7) is 0. The second-order valence-electron chi connectivity index (χ2n) is 9.11. The zero-order valence-corrected chi connectivity index (χ0v) is 21.8. The minimum atomic E-state index is -0.406. The lowest BCUT2D eigenvalue weighted by Crippen LogP contribution is -2.16. The van der Waals surface area contributed by atoms with Crippen LogP contribution in [0.2, 0.25) is 0 Å². The van der Waals surface area contributed by atoms with Crippen LogP contribution in [0.5, 0.6) is 0 Å². The number of thiophene rings is 1. The number of amides is 1. The topological polar surface area (TPSA) is 92.1 Å². The number of anilines is 1. The molecule has 0 aliphatic heterocycles. The van der Waals surface area contributed by atoms with Crippen LogP contribution in [0, 0.1) is 11.3 Å². The van der Waals surface area contributed by atoms with Crippen LogP contribution in [0.1, 0.15) is 68.4 Å². The summed E-state index contributed by atoms with van der Waals surface area (Å²) < 4.78 is 5.07. The van der Waals surface area contributed by atoms with Gasteiger partial charge < -0.3 is 10.1 Å². The van der Waals surface area contributed by atoms with E-state index in [1.807, 2.05) is 12.1 Å². The van der Waals surface area contributed by atoms with Gasteiger partial charge in [-0.1, -0.05) is 30.3 Å². The van der Waals surface area contributed by atoms with Crippen LogP contribution in [0.25, 0.3) is 0 Å². The lowest BCUT2D eigenvalue weighted by molar-refractivity contribution is -0.115. The van der Waals surface area contributed by atoms with Gasteiger partial charge in [0.25, 0.3) is 0 Å². The molecule has 3 aromatic rings. The molecule has 1 aromatic carbocycles. The molecule has 1 amide bonds. The molecule has 1 N–H and O–H groups in total.